The van der Waals surface area contributed by atoms with E-state index in [1.165, 1.54) is 11.3 Å². The molecule has 0 unspecified atom stereocenters. The lowest BCUT2D eigenvalue weighted by Gasteiger charge is -2.03. The van der Waals surface area contributed by atoms with E-state index in [4.69, 9.17) is 4.74 Å². The van der Waals surface area contributed by atoms with Crippen molar-refractivity contribution in [1.82, 2.24) is 4.57 Å². The van der Waals surface area contributed by atoms with Gasteiger partial charge in [0, 0.05) is 16.6 Å². The zero-order valence-electron chi connectivity index (χ0n) is 13.5. The van der Waals surface area contributed by atoms with Crippen molar-refractivity contribution in [3.8, 4) is 5.75 Å². The SMILES string of the molecule is CCOc1ccc(C(=O)N=c2sc3cc(Br)ccc3n2CC)cc1. The molecule has 1 amide bonds. The highest BCUT2D eigenvalue weighted by Crippen LogP contribution is 2.22. The molecule has 1 aromatic heterocycles. The van der Waals surface area contributed by atoms with Crippen molar-refractivity contribution < 1.29 is 9.53 Å². The molecule has 3 aromatic rings. The van der Waals surface area contributed by atoms with Crippen LogP contribution in [0.25, 0.3) is 10.2 Å². The van der Waals surface area contributed by atoms with Gasteiger partial charge in [0.2, 0.25) is 0 Å². The number of aryl methyl sites for hydroxylation is 1. The second-order valence-corrected chi connectivity index (χ2v) is 7.04. The number of rotatable bonds is 4. The van der Waals surface area contributed by atoms with Crippen molar-refractivity contribution in [3.63, 3.8) is 0 Å². The Labute approximate surface area is 152 Å². The molecule has 0 bridgehead atoms. The van der Waals surface area contributed by atoms with Gasteiger partial charge in [-0.1, -0.05) is 27.3 Å². The van der Waals surface area contributed by atoms with Crippen LogP contribution in [-0.4, -0.2) is 17.1 Å². The van der Waals surface area contributed by atoms with E-state index in [1.807, 2.05) is 25.1 Å². The lowest BCUT2D eigenvalue weighted by Crippen LogP contribution is -2.15. The standard InChI is InChI=1S/C18H17BrN2O2S/c1-3-21-15-10-7-13(19)11-16(15)24-18(21)20-17(22)12-5-8-14(9-6-12)23-4-2/h5-11H,3-4H2,1-2H3. The highest BCUT2D eigenvalue weighted by atomic mass is 79.9. The van der Waals surface area contributed by atoms with Crippen LogP contribution in [0.1, 0.15) is 24.2 Å². The topological polar surface area (TPSA) is 43.6 Å². The predicted octanol–water partition coefficient (Wildman–Crippen LogP) is 4.63. The molecule has 0 spiro atoms. The summed E-state index contributed by atoms with van der Waals surface area (Å²) in [5.74, 6) is 0.509. The average molecular weight is 405 g/mol. The van der Waals surface area contributed by atoms with E-state index in [9.17, 15) is 4.79 Å². The van der Waals surface area contributed by atoms with Crippen LogP contribution in [-0.2, 0) is 6.54 Å². The minimum Gasteiger partial charge on any atom is -0.494 e. The summed E-state index contributed by atoms with van der Waals surface area (Å²) >= 11 is 5.00. The molecule has 0 aliphatic carbocycles. The number of halogens is 1. The summed E-state index contributed by atoms with van der Waals surface area (Å²) in [5, 5.41) is 0. The molecule has 0 saturated carbocycles. The second-order valence-electron chi connectivity index (χ2n) is 5.12. The lowest BCUT2D eigenvalue weighted by molar-refractivity contribution is 0.0998. The molecular formula is C18H17BrN2O2S. The largest absolute Gasteiger partial charge is 0.494 e. The number of carbonyl (C=O) groups is 1. The molecule has 0 saturated heterocycles. The van der Waals surface area contributed by atoms with Crippen molar-refractivity contribution in [2.24, 2.45) is 4.99 Å². The first-order chi connectivity index (χ1) is 11.6. The fourth-order valence-corrected chi connectivity index (χ4v) is 4.09. The molecule has 0 fully saturated rings. The van der Waals surface area contributed by atoms with Crippen molar-refractivity contribution >= 4 is 43.4 Å². The van der Waals surface area contributed by atoms with E-state index < -0.39 is 0 Å². The molecule has 3 rings (SSSR count). The van der Waals surface area contributed by atoms with Gasteiger partial charge in [0.1, 0.15) is 5.75 Å². The maximum atomic E-state index is 12.5. The number of aromatic nitrogens is 1. The van der Waals surface area contributed by atoms with Gasteiger partial charge in [-0.15, -0.1) is 0 Å². The molecule has 1 heterocycles. The summed E-state index contributed by atoms with van der Waals surface area (Å²) in [7, 11) is 0. The fraction of sp³-hybridized carbons (Fsp3) is 0.222. The summed E-state index contributed by atoms with van der Waals surface area (Å²) in [4.78, 5) is 17.5. The van der Waals surface area contributed by atoms with E-state index in [-0.39, 0.29) is 5.91 Å². The first-order valence-corrected chi connectivity index (χ1v) is 9.34. The van der Waals surface area contributed by atoms with Crippen molar-refractivity contribution in [2.75, 3.05) is 6.61 Å². The number of carbonyl (C=O) groups excluding carboxylic acids is 1. The number of thiazole rings is 1. The van der Waals surface area contributed by atoms with Gasteiger partial charge in [-0.3, -0.25) is 4.79 Å². The first kappa shape index (κ1) is 16.9. The molecule has 0 radical (unpaired) electrons. The third-order valence-electron chi connectivity index (χ3n) is 3.57. The zero-order valence-corrected chi connectivity index (χ0v) is 15.9. The predicted molar refractivity (Wildman–Crippen MR) is 101 cm³/mol. The molecule has 0 atom stereocenters. The van der Waals surface area contributed by atoms with E-state index in [2.05, 4.69) is 32.4 Å². The molecule has 2 aromatic carbocycles. The molecule has 0 N–H and O–H groups in total. The molecule has 6 heteroatoms. The monoisotopic (exact) mass is 404 g/mol. The number of hydrogen-bond donors (Lipinski definition) is 0. The fourth-order valence-electron chi connectivity index (χ4n) is 2.45. The quantitative estimate of drug-likeness (QED) is 0.636. The lowest BCUT2D eigenvalue weighted by atomic mass is 10.2. The van der Waals surface area contributed by atoms with Crippen LogP contribution in [0.2, 0.25) is 0 Å². The average Bonchev–Trinajstić information content (AvgIpc) is 2.91. The van der Waals surface area contributed by atoms with Crippen LogP contribution in [0.4, 0.5) is 0 Å². The highest BCUT2D eigenvalue weighted by Gasteiger charge is 2.09. The molecule has 124 valence electrons. The Morgan fingerprint density at radius 1 is 1.21 bits per heavy atom. The van der Waals surface area contributed by atoms with E-state index >= 15 is 0 Å². The Kier molecular flexibility index (Phi) is 5.16. The van der Waals surface area contributed by atoms with Crippen molar-refractivity contribution in [3.05, 3.63) is 57.3 Å². The van der Waals surface area contributed by atoms with Gasteiger partial charge < -0.3 is 9.30 Å². The normalized spacial score (nSPS) is 11.9. The van der Waals surface area contributed by atoms with Gasteiger partial charge in [0.25, 0.3) is 5.91 Å². The van der Waals surface area contributed by atoms with Crippen molar-refractivity contribution in [1.29, 1.82) is 0 Å². The first-order valence-electron chi connectivity index (χ1n) is 7.73. The highest BCUT2D eigenvalue weighted by molar-refractivity contribution is 9.10. The minimum atomic E-state index is -0.245. The van der Waals surface area contributed by atoms with E-state index in [0.29, 0.717) is 17.0 Å². The Balaban J connectivity index is 2.00. The molecule has 4 nitrogen and oxygen atoms in total. The van der Waals surface area contributed by atoms with Gasteiger partial charge >= 0.3 is 0 Å². The molecule has 0 aliphatic rings. The Hall–Kier alpha value is -1.92. The van der Waals surface area contributed by atoms with E-state index in [1.54, 1.807) is 24.3 Å². The Bertz CT molecular complexity index is 942. The van der Waals surface area contributed by atoms with Crippen LogP contribution < -0.4 is 9.54 Å². The maximum Gasteiger partial charge on any atom is 0.279 e. The molecule has 24 heavy (non-hydrogen) atoms. The van der Waals surface area contributed by atoms with Gasteiger partial charge in [-0.05, 0) is 56.3 Å². The molecular weight excluding hydrogens is 388 g/mol. The number of benzene rings is 2. The van der Waals surface area contributed by atoms with Crippen LogP contribution in [0.15, 0.2) is 51.9 Å². The maximum absolute atomic E-state index is 12.5. The molecule has 0 aliphatic heterocycles. The summed E-state index contributed by atoms with van der Waals surface area (Å²) in [6.07, 6.45) is 0. The zero-order chi connectivity index (χ0) is 17.1. The number of amides is 1. The summed E-state index contributed by atoms with van der Waals surface area (Å²) in [5.41, 5.74) is 1.64. The summed E-state index contributed by atoms with van der Waals surface area (Å²) < 4.78 is 9.57. The van der Waals surface area contributed by atoms with Crippen LogP contribution in [0.3, 0.4) is 0 Å². The van der Waals surface area contributed by atoms with Gasteiger partial charge in [-0.25, -0.2) is 0 Å². The number of fused-ring (bicyclic) bond motifs is 1. The number of nitrogens with zero attached hydrogens (tertiary/aromatic N) is 2. The third-order valence-corrected chi connectivity index (χ3v) is 5.10. The van der Waals surface area contributed by atoms with Crippen LogP contribution in [0.5, 0.6) is 5.75 Å². The van der Waals surface area contributed by atoms with Gasteiger partial charge in [0.15, 0.2) is 4.80 Å². The van der Waals surface area contributed by atoms with Gasteiger partial charge in [-0.2, -0.15) is 4.99 Å². The number of ether oxygens (including phenoxy) is 1. The Morgan fingerprint density at radius 3 is 2.62 bits per heavy atom. The van der Waals surface area contributed by atoms with E-state index in [0.717, 1.165) is 27.0 Å². The third kappa shape index (κ3) is 3.44. The van der Waals surface area contributed by atoms with Gasteiger partial charge in [0.05, 0.1) is 16.8 Å². The van der Waals surface area contributed by atoms with Crippen LogP contribution in [0, 0.1) is 0 Å². The van der Waals surface area contributed by atoms with Crippen molar-refractivity contribution in [2.45, 2.75) is 20.4 Å². The van der Waals surface area contributed by atoms with Crippen LogP contribution >= 0.6 is 27.3 Å². The summed E-state index contributed by atoms with van der Waals surface area (Å²) in [6, 6.07) is 13.2. The smallest absolute Gasteiger partial charge is 0.279 e. The summed E-state index contributed by atoms with van der Waals surface area (Å²) in [6.45, 7) is 5.34. The number of hydrogen-bond acceptors (Lipinski definition) is 3. The Morgan fingerprint density at radius 2 is 1.96 bits per heavy atom. The second kappa shape index (κ2) is 7.32. The minimum absolute atomic E-state index is 0.245.